The van der Waals surface area contributed by atoms with Crippen molar-refractivity contribution in [3.63, 3.8) is 0 Å². The number of carbonyl (C=O) groups excluding carboxylic acids is 1. The Hall–Kier alpha value is -3.47. The maximum Gasteiger partial charge on any atom is 0.265 e. The van der Waals surface area contributed by atoms with Gasteiger partial charge in [-0.1, -0.05) is 42.5 Å². The highest BCUT2D eigenvalue weighted by molar-refractivity contribution is 5.94. The number of fused-ring (bicyclic) bond motifs is 1. The van der Waals surface area contributed by atoms with Gasteiger partial charge < -0.3 is 19.5 Å². The van der Waals surface area contributed by atoms with Gasteiger partial charge in [-0.15, -0.1) is 0 Å². The molecule has 0 saturated carbocycles. The Kier molecular flexibility index (Phi) is 5.15. The van der Waals surface area contributed by atoms with Gasteiger partial charge in [0.25, 0.3) is 5.91 Å². The smallest absolute Gasteiger partial charge is 0.265 e. The molecule has 1 heterocycles. The van der Waals surface area contributed by atoms with Gasteiger partial charge in [0.15, 0.2) is 17.6 Å². The predicted octanol–water partition coefficient (Wildman–Crippen LogP) is 4.53. The summed E-state index contributed by atoms with van der Waals surface area (Å²) in [5.41, 5.74) is 2.88. The molecule has 5 heteroatoms. The molecule has 5 nitrogen and oxygen atoms in total. The average Bonchev–Trinajstić information content (AvgIpc) is 2.75. The first kappa shape index (κ1) is 17.9. The summed E-state index contributed by atoms with van der Waals surface area (Å²) in [6.45, 7) is 2.76. The third-order valence-corrected chi connectivity index (χ3v) is 4.45. The summed E-state index contributed by atoms with van der Waals surface area (Å²) in [4.78, 5) is 12.5. The van der Waals surface area contributed by atoms with Gasteiger partial charge in [-0.25, -0.2) is 0 Å². The maximum absolute atomic E-state index is 12.5. The number of ether oxygens (including phenoxy) is 3. The number of anilines is 1. The zero-order valence-corrected chi connectivity index (χ0v) is 15.6. The Balaban J connectivity index is 1.38. The van der Waals surface area contributed by atoms with E-state index in [1.54, 1.807) is 25.1 Å². The van der Waals surface area contributed by atoms with E-state index in [4.69, 9.17) is 14.2 Å². The lowest BCUT2D eigenvalue weighted by atomic mass is 10.1. The SMILES string of the molecule is C[C@H](Oc1ccc(-c2ccccc2)cc1)C(=O)Nc1ccc2c(c1)OCCO2. The highest BCUT2D eigenvalue weighted by Gasteiger charge is 2.17. The third kappa shape index (κ3) is 4.09. The highest BCUT2D eigenvalue weighted by Crippen LogP contribution is 2.32. The molecule has 0 unspecified atom stereocenters. The van der Waals surface area contributed by atoms with Gasteiger partial charge in [-0.05, 0) is 42.3 Å². The van der Waals surface area contributed by atoms with Crippen molar-refractivity contribution in [3.05, 3.63) is 72.8 Å². The van der Waals surface area contributed by atoms with Gasteiger partial charge in [-0.2, -0.15) is 0 Å². The van der Waals surface area contributed by atoms with Gasteiger partial charge >= 0.3 is 0 Å². The molecule has 1 atom stereocenters. The standard InChI is InChI=1S/C23H21NO4/c1-16(23(25)24-19-9-12-21-22(15-19)27-14-13-26-21)28-20-10-7-18(8-11-20)17-5-3-2-4-6-17/h2-12,15-16H,13-14H2,1H3,(H,24,25)/t16-/m0/s1. The lowest BCUT2D eigenvalue weighted by Crippen LogP contribution is -2.30. The van der Waals surface area contributed by atoms with Gasteiger partial charge in [0.1, 0.15) is 19.0 Å². The summed E-state index contributed by atoms with van der Waals surface area (Å²) in [6.07, 6.45) is -0.643. The van der Waals surface area contributed by atoms with Crippen molar-refractivity contribution in [2.75, 3.05) is 18.5 Å². The lowest BCUT2D eigenvalue weighted by molar-refractivity contribution is -0.122. The number of rotatable bonds is 5. The number of carbonyl (C=O) groups is 1. The number of benzene rings is 3. The van der Waals surface area contributed by atoms with E-state index in [-0.39, 0.29) is 5.91 Å². The summed E-state index contributed by atoms with van der Waals surface area (Å²) < 4.78 is 16.8. The fraction of sp³-hybridized carbons (Fsp3) is 0.174. The quantitative estimate of drug-likeness (QED) is 0.712. The molecule has 1 amide bonds. The molecule has 1 aliphatic heterocycles. The Morgan fingerprint density at radius 3 is 2.32 bits per heavy atom. The molecular formula is C23H21NO4. The van der Waals surface area contributed by atoms with Crippen LogP contribution in [0.5, 0.6) is 17.2 Å². The van der Waals surface area contributed by atoms with E-state index in [0.717, 1.165) is 11.1 Å². The van der Waals surface area contributed by atoms with Gasteiger partial charge in [0.05, 0.1) is 0 Å². The minimum absolute atomic E-state index is 0.233. The number of hydrogen-bond acceptors (Lipinski definition) is 4. The van der Waals surface area contributed by atoms with E-state index < -0.39 is 6.10 Å². The van der Waals surface area contributed by atoms with Crippen molar-refractivity contribution in [3.8, 4) is 28.4 Å². The van der Waals surface area contributed by atoms with Crippen LogP contribution in [-0.2, 0) is 4.79 Å². The Bertz CT molecular complexity index is 954. The van der Waals surface area contributed by atoms with Crippen LogP contribution < -0.4 is 19.5 Å². The van der Waals surface area contributed by atoms with Crippen LogP contribution in [0.15, 0.2) is 72.8 Å². The van der Waals surface area contributed by atoms with Crippen LogP contribution in [0, 0.1) is 0 Å². The molecule has 0 aliphatic carbocycles. The first-order valence-corrected chi connectivity index (χ1v) is 9.22. The van der Waals surface area contributed by atoms with Gasteiger partial charge in [0, 0.05) is 11.8 Å². The van der Waals surface area contributed by atoms with Crippen molar-refractivity contribution in [1.82, 2.24) is 0 Å². The van der Waals surface area contributed by atoms with Crippen LogP contribution in [0.1, 0.15) is 6.92 Å². The lowest BCUT2D eigenvalue weighted by Gasteiger charge is -2.20. The Morgan fingerprint density at radius 1 is 0.893 bits per heavy atom. The van der Waals surface area contributed by atoms with E-state index in [1.165, 1.54) is 0 Å². The fourth-order valence-electron chi connectivity index (χ4n) is 2.98. The van der Waals surface area contributed by atoms with Crippen LogP contribution in [0.3, 0.4) is 0 Å². The molecule has 1 aliphatic rings. The first-order valence-electron chi connectivity index (χ1n) is 9.22. The molecule has 28 heavy (non-hydrogen) atoms. The number of hydrogen-bond donors (Lipinski definition) is 1. The molecule has 0 saturated heterocycles. The second-order valence-electron chi connectivity index (χ2n) is 6.50. The van der Waals surface area contributed by atoms with Crippen molar-refractivity contribution >= 4 is 11.6 Å². The van der Waals surface area contributed by atoms with Crippen LogP contribution in [0.4, 0.5) is 5.69 Å². The second kappa shape index (κ2) is 8.05. The van der Waals surface area contributed by atoms with Crippen molar-refractivity contribution in [2.45, 2.75) is 13.0 Å². The average molecular weight is 375 g/mol. The molecule has 0 aromatic heterocycles. The van der Waals surface area contributed by atoms with E-state index >= 15 is 0 Å². The van der Waals surface area contributed by atoms with E-state index in [9.17, 15) is 4.79 Å². The van der Waals surface area contributed by atoms with Crippen LogP contribution in [-0.4, -0.2) is 25.2 Å². The third-order valence-electron chi connectivity index (χ3n) is 4.45. The molecule has 1 N–H and O–H groups in total. The molecule has 0 spiro atoms. The van der Waals surface area contributed by atoms with Gasteiger partial charge in [0.2, 0.25) is 0 Å². The number of nitrogens with one attached hydrogen (secondary N) is 1. The second-order valence-corrected chi connectivity index (χ2v) is 6.50. The Labute approximate surface area is 163 Å². The molecule has 142 valence electrons. The van der Waals surface area contributed by atoms with Crippen molar-refractivity contribution < 1.29 is 19.0 Å². The maximum atomic E-state index is 12.5. The van der Waals surface area contributed by atoms with Crippen molar-refractivity contribution in [1.29, 1.82) is 0 Å². The summed E-state index contributed by atoms with van der Waals surface area (Å²) in [5.74, 6) is 1.73. The van der Waals surface area contributed by atoms with E-state index in [0.29, 0.717) is 36.1 Å². The van der Waals surface area contributed by atoms with Crippen LogP contribution in [0.2, 0.25) is 0 Å². The topological polar surface area (TPSA) is 56.8 Å². The fourth-order valence-corrected chi connectivity index (χ4v) is 2.98. The first-order chi connectivity index (χ1) is 13.7. The van der Waals surface area contributed by atoms with E-state index in [1.807, 2.05) is 42.5 Å². The van der Waals surface area contributed by atoms with Crippen LogP contribution >= 0.6 is 0 Å². The summed E-state index contributed by atoms with van der Waals surface area (Å²) in [7, 11) is 0. The van der Waals surface area contributed by atoms with Gasteiger partial charge in [-0.3, -0.25) is 4.79 Å². The van der Waals surface area contributed by atoms with Crippen molar-refractivity contribution in [2.24, 2.45) is 0 Å². The molecule has 0 bridgehead atoms. The summed E-state index contributed by atoms with van der Waals surface area (Å²) in [5, 5.41) is 2.85. The Morgan fingerprint density at radius 2 is 1.57 bits per heavy atom. The van der Waals surface area contributed by atoms with E-state index in [2.05, 4.69) is 17.4 Å². The molecule has 0 radical (unpaired) electrons. The number of amides is 1. The summed E-state index contributed by atoms with van der Waals surface area (Å²) in [6, 6.07) is 23.1. The summed E-state index contributed by atoms with van der Waals surface area (Å²) >= 11 is 0. The monoisotopic (exact) mass is 375 g/mol. The molecule has 3 aromatic carbocycles. The molecule has 3 aromatic rings. The normalized spacial score (nSPS) is 13.5. The zero-order valence-electron chi connectivity index (χ0n) is 15.6. The highest BCUT2D eigenvalue weighted by atomic mass is 16.6. The molecule has 4 rings (SSSR count). The minimum Gasteiger partial charge on any atom is -0.486 e. The molecular weight excluding hydrogens is 354 g/mol. The largest absolute Gasteiger partial charge is 0.486 e. The molecule has 0 fully saturated rings. The zero-order chi connectivity index (χ0) is 19.3. The minimum atomic E-state index is -0.643. The predicted molar refractivity (Wildman–Crippen MR) is 108 cm³/mol. The van der Waals surface area contributed by atoms with Crippen LogP contribution in [0.25, 0.3) is 11.1 Å².